The van der Waals surface area contributed by atoms with Gasteiger partial charge in [0.25, 0.3) is 0 Å². The Bertz CT molecular complexity index is 680. The fourth-order valence-corrected chi connectivity index (χ4v) is 1.80. The monoisotopic (exact) mass is 354 g/mol. The van der Waals surface area contributed by atoms with E-state index in [9.17, 15) is 18.8 Å². The molecule has 7 nitrogen and oxygen atoms in total. The molecule has 0 saturated heterocycles. The van der Waals surface area contributed by atoms with Crippen LogP contribution in [0, 0.1) is 5.82 Å². The second-order valence-corrected chi connectivity index (χ2v) is 6.93. The molecular formula is C17H23FN2O5. The lowest BCUT2D eigenvalue weighted by atomic mass is 10.0. The number of halogens is 1. The van der Waals surface area contributed by atoms with Crippen LogP contribution in [-0.2, 0) is 14.3 Å². The molecule has 1 aromatic rings. The van der Waals surface area contributed by atoms with Crippen LogP contribution in [0.15, 0.2) is 18.2 Å². The fourth-order valence-electron chi connectivity index (χ4n) is 1.80. The van der Waals surface area contributed by atoms with Crippen LogP contribution in [0.25, 0.3) is 0 Å². The maximum Gasteiger partial charge on any atom is 0.408 e. The van der Waals surface area contributed by atoms with Crippen molar-refractivity contribution in [3.05, 3.63) is 29.6 Å². The molecule has 0 aliphatic carbocycles. The van der Waals surface area contributed by atoms with Gasteiger partial charge in [-0.3, -0.25) is 4.79 Å². The smallest absolute Gasteiger partial charge is 0.408 e. The highest BCUT2D eigenvalue weighted by Crippen LogP contribution is 2.17. The molecule has 1 rings (SSSR count). The summed E-state index contributed by atoms with van der Waals surface area (Å²) in [6.07, 6.45) is -0.762. The number of hydrogen-bond donors (Lipinski definition) is 2. The zero-order valence-electron chi connectivity index (χ0n) is 15.2. The SMILES string of the molecule is COC(=O)c1cc(F)cc(NC(=O)C(C)(C)NC(=O)OC(C)(C)C)c1. The number of anilines is 1. The van der Waals surface area contributed by atoms with Gasteiger partial charge in [-0.05, 0) is 52.8 Å². The molecule has 0 aromatic heterocycles. The number of nitrogens with one attached hydrogen (secondary N) is 2. The summed E-state index contributed by atoms with van der Waals surface area (Å²) in [5, 5.41) is 4.89. The molecule has 2 amide bonds. The highest BCUT2D eigenvalue weighted by atomic mass is 19.1. The minimum absolute atomic E-state index is 0.0456. The third kappa shape index (κ3) is 6.40. The van der Waals surface area contributed by atoms with Gasteiger partial charge in [0.1, 0.15) is 17.0 Å². The van der Waals surface area contributed by atoms with Crippen LogP contribution in [0.1, 0.15) is 45.0 Å². The van der Waals surface area contributed by atoms with E-state index in [1.807, 2.05) is 0 Å². The molecule has 0 bridgehead atoms. The summed E-state index contributed by atoms with van der Waals surface area (Å²) in [6, 6.07) is 3.32. The third-order valence-electron chi connectivity index (χ3n) is 2.96. The van der Waals surface area contributed by atoms with Crippen LogP contribution in [0.3, 0.4) is 0 Å². The normalized spacial score (nSPS) is 11.5. The summed E-state index contributed by atoms with van der Waals surface area (Å²) in [7, 11) is 1.17. The summed E-state index contributed by atoms with van der Waals surface area (Å²) < 4.78 is 23.3. The summed E-state index contributed by atoms with van der Waals surface area (Å²) in [5.41, 5.74) is -2.03. The number of methoxy groups -OCH3 is 1. The Morgan fingerprint density at radius 2 is 1.64 bits per heavy atom. The second-order valence-electron chi connectivity index (χ2n) is 6.93. The average molecular weight is 354 g/mol. The Labute approximate surface area is 145 Å². The summed E-state index contributed by atoms with van der Waals surface area (Å²) >= 11 is 0. The topological polar surface area (TPSA) is 93.7 Å². The van der Waals surface area contributed by atoms with Gasteiger partial charge in [-0.2, -0.15) is 0 Å². The summed E-state index contributed by atoms with van der Waals surface area (Å²) in [6.45, 7) is 8.02. The number of amides is 2. The number of rotatable bonds is 4. The van der Waals surface area contributed by atoms with Crippen molar-refractivity contribution in [1.82, 2.24) is 5.32 Å². The van der Waals surface area contributed by atoms with Gasteiger partial charge in [-0.15, -0.1) is 0 Å². The van der Waals surface area contributed by atoms with Crippen LogP contribution in [-0.4, -0.2) is 36.2 Å². The van der Waals surface area contributed by atoms with E-state index in [1.54, 1.807) is 20.8 Å². The summed E-state index contributed by atoms with van der Waals surface area (Å²) in [4.78, 5) is 35.7. The molecule has 0 heterocycles. The molecule has 0 radical (unpaired) electrons. The van der Waals surface area contributed by atoms with Crippen molar-refractivity contribution >= 4 is 23.7 Å². The average Bonchev–Trinajstić information content (AvgIpc) is 2.42. The van der Waals surface area contributed by atoms with E-state index >= 15 is 0 Å². The van der Waals surface area contributed by atoms with Gasteiger partial charge in [0.15, 0.2) is 0 Å². The maximum absolute atomic E-state index is 13.6. The predicted molar refractivity (Wildman–Crippen MR) is 89.8 cm³/mol. The van der Waals surface area contributed by atoms with Gasteiger partial charge in [0.2, 0.25) is 5.91 Å². The Balaban J connectivity index is 2.88. The Hall–Kier alpha value is -2.64. The van der Waals surface area contributed by atoms with E-state index in [1.165, 1.54) is 27.0 Å². The second kappa shape index (κ2) is 7.50. The zero-order valence-corrected chi connectivity index (χ0v) is 15.2. The van der Waals surface area contributed by atoms with Crippen molar-refractivity contribution in [3.8, 4) is 0 Å². The molecular weight excluding hydrogens is 331 g/mol. The van der Waals surface area contributed by atoms with E-state index < -0.39 is 34.9 Å². The van der Waals surface area contributed by atoms with Gasteiger partial charge >= 0.3 is 12.1 Å². The van der Waals surface area contributed by atoms with Gasteiger partial charge in [-0.25, -0.2) is 14.0 Å². The molecule has 0 aliphatic heterocycles. The quantitative estimate of drug-likeness (QED) is 0.811. The maximum atomic E-state index is 13.6. The molecule has 8 heteroatoms. The number of carbonyl (C=O) groups is 3. The first-order chi connectivity index (χ1) is 11.3. The third-order valence-corrected chi connectivity index (χ3v) is 2.96. The van der Waals surface area contributed by atoms with Gasteiger partial charge in [0.05, 0.1) is 12.7 Å². The zero-order chi connectivity index (χ0) is 19.4. The van der Waals surface area contributed by atoms with Crippen LogP contribution >= 0.6 is 0 Å². The van der Waals surface area contributed by atoms with Crippen LogP contribution < -0.4 is 10.6 Å². The van der Waals surface area contributed by atoms with Gasteiger partial charge < -0.3 is 20.1 Å². The van der Waals surface area contributed by atoms with Crippen molar-refractivity contribution in [2.45, 2.75) is 45.8 Å². The molecule has 25 heavy (non-hydrogen) atoms. The molecule has 0 unspecified atom stereocenters. The molecule has 1 aromatic carbocycles. The van der Waals surface area contributed by atoms with Gasteiger partial charge in [0, 0.05) is 5.69 Å². The number of esters is 1. The van der Waals surface area contributed by atoms with Crippen LogP contribution in [0.4, 0.5) is 14.9 Å². The van der Waals surface area contributed by atoms with Crippen molar-refractivity contribution in [3.63, 3.8) is 0 Å². The Morgan fingerprint density at radius 3 is 2.16 bits per heavy atom. The van der Waals surface area contributed by atoms with Crippen molar-refractivity contribution in [2.75, 3.05) is 12.4 Å². The number of carbonyl (C=O) groups excluding carboxylic acids is 3. The Kier molecular flexibility index (Phi) is 6.12. The largest absolute Gasteiger partial charge is 0.465 e. The predicted octanol–water partition coefficient (Wildman–Crippen LogP) is 2.85. The molecule has 0 atom stereocenters. The number of ether oxygens (including phenoxy) is 2. The number of alkyl carbamates (subject to hydrolysis) is 1. The highest BCUT2D eigenvalue weighted by Gasteiger charge is 2.31. The highest BCUT2D eigenvalue weighted by molar-refractivity contribution is 6.00. The lowest BCUT2D eigenvalue weighted by molar-refractivity contribution is -0.121. The fraction of sp³-hybridized carbons (Fsp3) is 0.471. The molecule has 0 fully saturated rings. The van der Waals surface area contributed by atoms with E-state index in [4.69, 9.17) is 4.74 Å². The number of benzene rings is 1. The molecule has 0 aliphatic rings. The Morgan fingerprint density at radius 1 is 1.04 bits per heavy atom. The lowest BCUT2D eigenvalue weighted by Crippen LogP contribution is -2.53. The van der Waals surface area contributed by atoms with E-state index in [2.05, 4.69) is 15.4 Å². The number of hydrogen-bond acceptors (Lipinski definition) is 5. The first-order valence-electron chi connectivity index (χ1n) is 7.55. The lowest BCUT2D eigenvalue weighted by Gasteiger charge is -2.27. The molecule has 2 N–H and O–H groups in total. The van der Waals surface area contributed by atoms with E-state index in [0.717, 1.165) is 12.1 Å². The molecule has 0 spiro atoms. The van der Waals surface area contributed by atoms with Crippen molar-refractivity contribution in [2.24, 2.45) is 0 Å². The van der Waals surface area contributed by atoms with Crippen molar-refractivity contribution in [1.29, 1.82) is 0 Å². The van der Waals surface area contributed by atoms with E-state index in [0.29, 0.717) is 0 Å². The minimum Gasteiger partial charge on any atom is -0.465 e. The van der Waals surface area contributed by atoms with Crippen LogP contribution in [0.2, 0.25) is 0 Å². The van der Waals surface area contributed by atoms with Crippen LogP contribution in [0.5, 0.6) is 0 Å². The first-order valence-corrected chi connectivity index (χ1v) is 7.55. The molecule has 138 valence electrons. The van der Waals surface area contributed by atoms with Gasteiger partial charge in [-0.1, -0.05) is 0 Å². The standard InChI is InChI=1S/C17H23FN2O5/c1-16(2,3)25-15(23)20-17(4,5)14(22)19-12-8-10(13(21)24-6)7-11(18)9-12/h7-9H,1-6H3,(H,19,22)(H,20,23). The minimum atomic E-state index is -1.33. The summed E-state index contributed by atoms with van der Waals surface area (Å²) in [5.74, 6) is -2.06. The van der Waals surface area contributed by atoms with Crippen molar-refractivity contribution < 1.29 is 28.2 Å². The molecule has 0 saturated carbocycles. The van der Waals surface area contributed by atoms with E-state index in [-0.39, 0.29) is 11.3 Å². The first kappa shape index (κ1) is 20.4.